The van der Waals surface area contributed by atoms with E-state index in [9.17, 15) is 18.8 Å². The molecule has 2 aliphatic heterocycles. The number of rotatable bonds is 15. The van der Waals surface area contributed by atoms with Gasteiger partial charge in [0.05, 0.1) is 63.4 Å². The zero-order valence-corrected chi connectivity index (χ0v) is 52.5. The van der Waals surface area contributed by atoms with Gasteiger partial charge in [0.1, 0.15) is 13.2 Å². The minimum atomic E-state index is -1.13. The standard InChI is InChI=1S/C27H26Cl2N2O4.C24H21BrCl2N2O2.C9H20O2S.CH3F/c1-16-11-17(2)30-26(35-15-18-7-5-4-6-8-18)21(16)14-31-10-9-20-22(28)12-19(13-23(32)34-3)25(29)24(20)27(31)33;1-14-10-15(2)28-23(31-13-16-6-4-3-5-7-16)18(14)12-29-9-8-17-20(26)11-19(25)22(27)21(17)24(29)30;1-8(10-5)11-12(6,7)9(2,3)4;1-2/h4-8,11-12H,9-10,13-15H2,1-3H3;3-7,10-11H,8-9,12-13H2,1-2H3;1H2,2-7H3;1H3/i;;;1D. The van der Waals surface area contributed by atoms with Crippen molar-refractivity contribution >= 4 is 90.4 Å². The summed E-state index contributed by atoms with van der Waals surface area (Å²) in [6.07, 6.45) is 5.35. The van der Waals surface area contributed by atoms with E-state index in [1.54, 1.807) is 29.0 Å². The Hall–Kier alpha value is -5.55. The van der Waals surface area contributed by atoms with Gasteiger partial charge in [-0.05, 0) is 160 Å². The second kappa shape index (κ2) is 29.4. The summed E-state index contributed by atoms with van der Waals surface area (Å²) in [5.74, 6) is 0.642. The quantitative estimate of drug-likeness (QED) is 0.0556. The number of nitrogens with zero attached hydrogens (tertiary/aromatic N) is 4. The third-order valence-corrected chi connectivity index (χ3v) is 19.4. The molecule has 2 aromatic heterocycles. The van der Waals surface area contributed by atoms with Crippen molar-refractivity contribution in [2.75, 3.05) is 47.0 Å². The highest BCUT2D eigenvalue weighted by atomic mass is 79.9. The van der Waals surface area contributed by atoms with Gasteiger partial charge in [-0.1, -0.05) is 117 Å². The Kier molecular flexibility index (Phi) is 23.4. The number of fused-ring (bicyclic) bond motifs is 2. The Balaban J connectivity index is 0.000000240. The molecule has 80 heavy (non-hydrogen) atoms. The van der Waals surface area contributed by atoms with Gasteiger partial charge < -0.3 is 32.9 Å². The fourth-order valence-corrected chi connectivity index (χ4v) is 11.0. The van der Waals surface area contributed by atoms with Crippen molar-refractivity contribution in [3.05, 3.63) is 195 Å². The third kappa shape index (κ3) is 16.8. The normalized spacial score (nSPS) is 13.1. The van der Waals surface area contributed by atoms with Crippen LogP contribution in [0.5, 0.6) is 11.8 Å². The molecule has 4 aromatic carbocycles. The molecule has 0 N–H and O–H groups in total. The molecule has 0 saturated heterocycles. The van der Waals surface area contributed by atoms with E-state index >= 15 is 0 Å². The molecule has 0 radical (unpaired) electrons. The number of alkyl halides is 1. The minimum Gasteiger partial charge on any atom is -0.473 e. The smallest absolute Gasteiger partial charge is 0.310 e. The van der Waals surface area contributed by atoms with Crippen LogP contribution in [-0.4, -0.2) is 89.3 Å². The Labute approximate surface area is 502 Å². The van der Waals surface area contributed by atoms with Gasteiger partial charge in [-0.15, -0.1) is 0 Å². The van der Waals surface area contributed by atoms with Crippen molar-refractivity contribution in [1.82, 2.24) is 19.8 Å². The lowest BCUT2D eigenvalue weighted by Gasteiger charge is -2.43. The minimum absolute atomic E-state index is 0.0614. The van der Waals surface area contributed by atoms with Crippen LogP contribution in [0.15, 0.2) is 102 Å². The number of amides is 2. The maximum atomic E-state index is 13.6. The zero-order chi connectivity index (χ0) is 59.9. The molecular formula is C61H70BrCl4FN4O8S. The molecule has 2 amide bonds. The second-order valence-corrected chi connectivity index (χ2v) is 26.5. The van der Waals surface area contributed by atoms with Gasteiger partial charge in [0, 0.05) is 54.9 Å². The van der Waals surface area contributed by atoms with Gasteiger partial charge in [-0.3, -0.25) is 18.8 Å². The highest BCUT2D eigenvalue weighted by Gasteiger charge is 2.34. The van der Waals surface area contributed by atoms with Crippen molar-refractivity contribution < 1.29 is 43.3 Å². The first kappa shape index (κ1) is 63.6. The first-order chi connectivity index (χ1) is 38.2. The van der Waals surface area contributed by atoms with Crippen LogP contribution >= 0.6 is 72.6 Å². The van der Waals surface area contributed by atoms with Gasteiger partial charge >= 0.3 is 5.97 Å². The monoisotopic (exact) mass is 1260 g/mol. The van der Waals surface area contributed by atoms with E-state index in [1.165, 1.54) is 7.11 Å². The predicted molar refractivity (Wildman–Crippen MR) is 326 cm³/mol. The molecule has 0 atom stereocenters. The van der Waals surface area contributed by atoms with Crippen molar-refractivity contribution in [1.29, 1.82) is 0 Å². The predicted octanol–water partition coefficient (Wildman–Crippen LogP) is 15.5. The number of carbonyl (C=O) groups is 3. The van der Waals surface area contributed by atoms with Crippen molar-refractivity contribution in [2.45, 2.75) is 98.8 Å². The summed E-state index contributed by atoms with van der Waals surface area (Å²) < 4.78 is 43.7. The van der Waals surface area contributed by atoms with Crippen LogP contribution in [0.2, 0.25) is 20.1 Å². The summed E-state index contributed by atoms with van der Waals surface area (Å²) in [6, 6.07) is 27.2. The number of pyridine rings is 2. The number of aryl methyl sites for hydroxylation is 4. The maximum absolute atomic E-state index is 13.6. The fourth-order valence-electron chi connectivity index (χ4n) is 8.46. The molecule has 4 heterocycles. The molecule has 2 aliphatic rings. The van der Waals surface area contributed by atoms with Gasteiger partial charge in [-0.25, -0.2) is 9.97 Å². The molecule has 0 bridgehead atoms. The summed E-state index contributed by atoms with van der Waals surface area (Å²) in [4.78, 5) is 51.5. The lowest BCUT2D eigenvalue weighted by Crippen LogP contribution is -2.38. The first-order valence-corrected chi connectivity index (χ1v) is 30.0. The summed E-state index contributed by atoms with van der Waals surface area (Å²) >= 11 is 29.3. The Bertz CT molecular complexity index is 3210. The first-order valence-electron chi connectivity index (χ1n) is 26.1. The van der Waals surface area contributed by atoms with Crippen LogP contribution in [0, 0.1) is 27.7 Å². The van der Waals surface area contributed by atoms with Crippen molar-refractivity contribution in [3.8, 4) is 11.8 Å². The highest BCUT2D eigenvalue weighted by Crippen LogP contribution is 2.55. The lowest BCUT2D eigenvalue weighted by molar-refractivity contribution is -0.139. The van der Waals surface area contributed by atoms with E-state index in [0.717, 1.165) is 50.3 Å². The average molecular weight is 1260 g/mol. The summed E-state index contributed by atoms with van der Waals surface area (Å²) in [7, 11) is 0.740. The molecule has 0 unspecified atom stereocenters. The van der Waals surface area contributed by atoms with E-state index in [2.05, 4.69) is 65.8 Å². The highest BCUT2D eigenvalue weighted by molar-refractivity contribution is 9.10. The summed E-state index contributed by atoms with van der Waals surface area (Å²) in [6.45, 7) is 20.5. The number of ether oxygens (including phenoxy) is 4. The second-order valence-electron chi connectivity index (χ2n) is 20.2. The molecule has 0 spiro atoms. The summed E-state index contributed by atoms with van der Waals surface area (Å²) in [5, 5.41) is 1.62. The van der Waals surface area contributed by atoms with Crippen LogP contribution < -0.4 is 9.47 Å². The Morgan fingerprint density at radius 2 is 1.15 bits per heavy atom. The Morgan fingerprint density at radius 3 is 1.56 bits per heavy atom. The van der Waals surface area contributed by atoms with E-state index < -0.39 is 23.4 Å². The summed E-state index contributed by atoms with van der Waals surface area (Å²) in [5.41, 5.74) is 10.3. The van der Waals surface area contributed by atoms with Crippen LogP contribution in [0.3, 0.4) is 0 Å². The Morgan fingerprint density at radius 1 is 0.725 bits per heavy atom. The van der Waals surface area contributed by atoms with E-state index in [1.807, 2.05) is 100 Å². The molecule has 430 valence electrons. The molecule has 8 rings (SSSR count). The number of halogens is 6. The number of hydrogen-bond acceptors (Lipinski definition) is 10. The van der Waals surface area contributed by atoms with Crippen molar-refractivity contribution in [2.24, 2.45) is 0 Å². The van der Waals surface area contributed by atoms with Crippen LogP contribution in [0.4, 0.5) is 4.39 Å². The lowest BCUT2D eigenvalue weighted by atomic mass is 9.94. The molecule has 12 nitrogen and oxygen atoms in total. The number of aromatic nitrogens is 2. The molecule has 19 heteroatoms. The van der Waals surface area contributed by atoms with Crippen molar-refractivity contribution in [3.63, 3.8) is 0 Å². The number of carbonyl (C=O) groups excluding carboxylic acids is 3. The molecule has 0 saturated carbocycles. The number of benzene rings is 4. The van der Waals surface area contributed by atoms with Gasteiger partial charge in [0.15, 0.2) is 0 Å². The van der Waals surface area contributed by atoms with Gasteiger partial charge in [0.25, 0.3) is 17.8 Å². The molecule has 0 aliphatic carbocycles. The zero-order valence-electron chi connectivity index (χ0n) is 48.1. The number of methoxy groups -OCH3 is 2. The average Bonchev–Trinajstić information content (AvgIpc) is 3.44. The van der Waals surface area contributed by atoms with Crippen LogP contribution in [0.25, 0.3) is 0 Å². The molecular weight excluding hydrogens is 1190 g/mol. The van der Waals surface area contributed by atoms with E-state index in [4.69, 9.17) is 70.9 Å². The number of hydrogen-bond donors (Lipinski definition) is 0. The van der Waals surface area contributed by atoms with Gasteiger partial charge in [-0.2, -0.15) is 0 Å². The van der Waals surface area contributed by atoms with E-state index in [0.29, 0.717) is 112 Å². The van der Waals surface area contributed by atoms with Gasteiger partial charge in [0.2, 0.25) is 11.8 Å². The topological polar surface area (TPSA) is 130 Å². The molecule has 0 fully saturated rings. The third-order valence-electron chi connectivity index (χ3n) is 13.5. The maximum Gasteiger partial charge on any atom is 0.310 e. The fraction of sp³-hybridized carbons (Fsp3) is 0.361. The van der Waals surface area contributed by atoms with Crippen LogP contribution in [0.1, 0.15) is 104 Å². The van der Waals surface area contributed by atoms with Crippen LogP contribution in [-0.2, 0) is 64.0 Å². The van der Waals surface area contributed by atoms with E-state index in [-0.39, 0.29) is 28.0 Å². The number of esters is 1. The largest absolute Gasteiger partial charge is 0.473 e. The molecule has 6 aromatic rings. The SMILES string of the molecule is C=C(OC)OS(C)(C)C(C)(C)C.COC(=O)Cc1cc(Cl)c2c(c1Cl)C(=O)N(Cc1c(C)cc(C)nc1OCc1ccccc1)CC2.Cc1cc(C)c(CN2CCc3c(Cl)cc(Br)c(Cl)c3C2=O)c(OCc2ccccc2)n1.[2H]CF.